The van der Waals surface area contributed by atoms with Crippen molar-refractivity contribution in [2.75, 3.05) is 18.0 Å². The molecule has 0 saturated carbocycles. The van der Waals surface area contributed by atoms with Crippen LogP contribution in [0.25, 0.3) is 0 Å². The SMILES string of the molecule is C1=CN(C2CCNCC2)c2ccccc2O1. The summed E-state index contributed by atoms with van der Waals surface area (Å²) in [6.07, 6.45) is 6.22. The van der Waals surface area contributed by atoms with Crippen LogP contribution in [-0.4, -0.2) is 19.1 Å². The summed E-state index contributed by atoms with van der Waals surface area (Å²) in [7, 11) is 0. The number of fused-ring (bicyclic) bond motifs is 1. The normalized spacial score (nSPS) is 20.4. The Balaban J connectivity index is 1.89. The molecule has 0 bridgehead atoms. The quantitative estimate of drug-likeness (QED) is 0.778. The van der Waals surface area contributed by atoms with E-state index in [0.29, 0.717) is 6.04 Å². The van der Waals surface area contributed by atoms with Gasteiger partial charge in [-0.05, 0) is 38.1 Å². The minimum atomic E-state index is 0.600. The second-order valence-electron chi connectivity index (χ2n) is 4.26. The molecule has 0 atom stereocenters. The molecule has 0 spiro atoms. The number of ether oxygens (including phenoxy) is 1. The summed E-state index contributed by atoms with van der Waals surface area (Å²) in [5, 5.41) is 3.40. The van der Waals surface area contributed by atoms with Gasteiger partial charge < -0.3 is 15.0 Å². The summed E-state index contributed by atoms with van der Waals surface area (Å²) >= 11 is 0. The Morgan fingerprint density at radius 1 is 1.19 bits per heavy atom. The van der Waals surface area contributed by atoms with Gasteiger partial charge in [-0.1, -0.05) is 12.1 Å². The summed E-state index contributed by atoms with van der Waals surface area (Å²) in [5.41, 5.74) is 1.19. The van der Waals surface area contributed by atoms with E-state index in [1.165, 1.54) is 18.5 Å². The van der Waals surface area contributed by atoms with Gasteiger partial charge in [0.2, 0.25) is 0 Å². The van der Waals surface area contributed by atoms with Gasteiger partial charge in [-0.3, -0.25) is 0 Å². The van der Waals surface area contributed by atoms with Crippen LogP contribution >= 0.6 is 0 Å². The lowest BCUT2D eigenvalue weighted by atomic mass is 10.0. The Bertz CT molecular complexity index is 397. The Hall–Kier alpha value is -1.48. The van der Waals surface area contributed by atoms with Crippen molar-refractivity contribution in [1.29, 1.82) is 0 Å². The third kappa shape index (κ3) is 1.67. The zero-order valence-electron chi connectivity index (χ0n) is 9.23. The molecule has 3 nitrogen and oxygen atoms in total. The fourth-order valence-corrected chi connectivity index (χ4v) is 2.42. The first-order chi connectivity index (χ1) is 7.95. The first-order valence-electron chi connectivity index (χ1n) is 5.86. The molecule has 0 aliphatic carbocycles. The highest BCUT2D eigenvalue weighted by Gasteiger charge is 2.23. The largest absolute Gasteiger partial charge is 0.461 e. The molecule has 3 rings (SSSR count). The highest BCUT2D eigenvalue weighted by Crippen LogP contribution is 2.34. The monoisotopic (exact) mass is 216 g/mol. The molecule has 0 amide bonds. The first kappa shape index (κ1) is 9.73. The topological polar surface area (TPSA) is 24.5 Å². The number of nitrogens with zero attached hydrogens (tertiary/aromatic N) is 1. The van der Waals surface area contributed by atoms with Crippen molar-refractivity contribution < 1.29 is 4.74 Å². The molecule has 84 valence electrons. The van der Waals surface area contributed by atoms with Crippen LogP contribution < -0.4 is 15.0 Å². The van der Waals surface area contributed by atoms with Crippen LogP contribution in [0.15, 0.2) is 36.7 Å². The average Bonchev–Trinajstić information content (AvgIpc) is 2.39. The van der Waals surface area contributed by atoms with E-state index in [1.807, 2.05) is 12.1 Å². The molecule has 1 aromatic rings. The van der Waals surface area contributed by atoms with Crippen molar-refractivity contribution in [3.8, 4) is 5.75 Å². The Morgan fingerprint density at radius 3 is 2.88 bits per heavy atom. The highest BCUT2D eigenvalue weighted by atomic mass is 16.5. The second-order valence-corrected chi connectivity index (χ2v) is 4.26. The summed E-state index contributed by atoms with van der Waals surface area (Å²) in [5.74, 6) is 0.962. The van der Waals surface area contributed by atoms with Gasteiger partial charge in [0.25, 0.3) is 0 Å². The van der Waals surface area contributed by atoms with Crippen LogP contribution in [0.4, 0.5) is 5.69 Å². The molecule has 2 aliphatic rings. The fraction of sp³-hybridized carbons (Fsp3) is 0.385. The van der Waals surface area contributed by atoms with Crippen LogP contribution in [0.1, 0.15) is 12.8 Å². The predicted molar refractivity (Wildman–Crippen MR) is 64.6 cm³/mol. The number of hydrogen-bond acceptors (Lipinski definition) is 3. The highest BCUT2D eigenvalue weighted by molar-refractivity contribution is 5.62. The van der Waals surface area contributed by atoms with E-state index >= 15 is 0 Å². The minimum absolute atomic E-state index is 0.600. The molecule has 3 heteroatoms. The zero-order valence-corrected chi connectivity index (χ0v) is 9.23. The predicted octanol–water partition coefficient (Wildman–Crippen LogP) is 2.11. The van der Waals surface area contributed by atoms with Crippen molar-refractivity contribution in [3.63, 3.8) is 0 Å². The van der Waals surface area contributed by atoms with Gasteiger partial charge in [-0.25, -0.2) is 0 Å². The van der Waals surface area contributed by atoms with Crippen molar-refractivity contribution in [2.24, 2.45) is 0 Å². The molecule has 0 aromatic heterocycles. The molecule has 16 heavy (non-hydrogen) atoms. The van der Waals surface area contributed by atoms with Gasteiger partial charge in [0.1, 0.15) is 12.0 Å². The molecule has 1 aromatic carbocycles. The van der Waals surface area contributed by atoms with E-state index < -0.39 is 0 Å². The molecular formula is C13H16N2O. The summed E-state index contributed by atoms with van der Waals surface area (Å²) in [6.45, 7) is 2.22. The second kappa shape index (κ2) is 4.18. The van der Waals surface area contributed by atoms with E-state index in [1.54, 1.807) is 6.26 Å². The third-order valence-electron chi connectivity index (χ3n) is 3.26. The smallest absolute Gasteiger partial charge is 0.150 e. The fourth-order valence-electron chi connectivity index (χ4n) is 2.42. The molecular weight excluding hydrogens is 200 g/mol. The lowest BCUT2D eigenvalue weighted by Gasteiger charge is -2.36. The van der Waals surface area contributed by atoms with Crippen LogP contribution in [0.3, 0.4) is 0 Å². The maximum absolute atomic E-state index is 5.51. The van der Waals surface area contributed by atoms with Gasteiger partial charge in [0, 0.05) is 12.2 Å². The minimum Gasteiger partial charge on any atom is -0.461 e. The molecule has 0 radical (unpaired) electrons. The average molecular weight is 216 g/mol. The standard InChI is InChI=1S/C13H16N2O/c1-2-4-13-12(3-1)15(9-10-16-13)11-5-7-14-8-6-11/h1-4,9-11,14H,5-8H2. The van der Waals surface area contributed by atoms with Crippen molar-refractivity contribution in [3.05, 3.63) is 36.7 Å². The number of nitrogens with one attached hydrogen (secondary N) is 1. The van der Waals surface area contributed by atoms with E-state index in [-0.39, 0.29) is 0 Å². The van der Waals surface area contributed by atoms with Gasteiger partial charge in [-0.2, -0.15) is 0 Å². The molecule has 0 unspecified atom stereocenters. The number of para-hydroxylation sites is 2. The molecule has 2 aliphatic heterocycles. The van der Waals surface area contributed by atoms with Crippen LogP contribution in [-0.2, 0) is 0 Å². The maximum Gasteiger partial charge on any atom is 0.150 e. The number of anilines is 1. The molecule has 2 heterocycles. The van der Waals surface area contributed by atoms with E-state index in [0.717, 1.165) is 18.8 Å². The van der Waals surface area contributed by atoms with Crippen molar-refractivity contribution in [1.82, 2.24) is 5.32 Å². The van der Waals surface area contributed by atoms with Crippen LogP contribution in [0.2, 0.25) is 0 Å². The molecule has 1 fully saturated rings. The molecule has 1 N–H and O–H groups in total. The summed E-state index contributed by atoms with van der Waals surface area (Å²) < 4.78 is 5.51. The lowest BCUT2D eigenvalue weighted by Crippen LogP contribution is -2.41. The first-order valence-corrected chi connectivity index (χ1v) is 5.86. The van der Waals surface area contributed by atoms with E-state index in [9.17, 15) is 0 Å². The van der Waals surface area contributed by atoms with Gasteiger partial charge >= 0.3 is 0 Å². The summed E-state index contributed by atoms with van der Waals surface area (Å²) in [4.78, 5) is 2.35. The number of benzene rings is 1. The number of piperidine rings is 1. The number of rotatable bonds is 1. The van der Waals surface area contributed by atoms with Gasteiger partial charge in [0.05, 0.1) is 5.69 Å². The molecule has 1 saturated heterocycles. The van der Waals surface area contributed by atoms with Crippen LogP contribution in [0, 0.1) is 0 Å². The zero-order chi connectivity index (χ0) is 10.8. The van der Waals surface area contributed by atoms with Gasteiger partial charge in [-0.15, -0.1) is 0 Å². The van der Waals surface area contributed by atoms with Crippen molar-refractivity contribution >= 4 is 5.69 Å². The van der Waals surface area contributed by atoms with Crippen LogP contribution in [0.5, 0.6) is 5.75 Å². The van der Waals surface area contributed by atoms with E-state index in [2.05, 4.69) is 28.5 Å². The van der Waals surface area contributed by atoms with E-state index in [4.69, 9.17) is 4.74 Å². The Kier molecular flexibility index (Phi) is 2.54. The van der Waals surface area contributed by atoms with Gasteiger partial charge in [0.15, 0.2) is 0 Å². The third-order valence-corrected chi connectivity index (χ3v) is 3.26. The Morgan fingerprint density at radius 2 is 2.00 bits per heavy atom. The maximum atomic E-state index is 5.51. The van der Waals surface area contributed by atoms with Crippen molar-refractivity contribution in [2.45, 2.75) is 18.9 Å². The number of hydrogen-bond donors (Lipinski definition) is 1. The Labute approximate surface area is 95.7 Å². The summed E-state index contributed by atoms with van der Waals surface area (Å²) in [6, 6.07) is 8.82. The lowest BCUT2D eigenvalue weighted by molar-refractivity contribution is 0.423.